The molecule has 0 fully saturated rings. The average Bonchev–Trinajstić information content (AvgIpc) is 2.61. The van der Waals surface area contributed by atoms with Crippen molar-refractivity contribution in [3.63, 3.8) is 0 Å². The van der Waals surface area contributed by atoms with Crippen LogP contribution < -0.4 is 4.72 Å². The third-order valence-electron chi connectivity index (χ3n) is 4.35. The van der Waals surface area contributed by atoms with Gasteiger partial charge in [-0.2, -0.15) is 0 Å². The highest BCUT2D eigenvalue weighted by molar-refractivity contribution is 7.92. The van der Waals surface area contributed by atoms with Gasteiger partial charge in [-0.3, -0.25) is 14.8 Å². The van der Waals surface area contributed by atoms with Crippen molar-refractivity contribution in [2.45, 2.75) is 30.6 Å². The molecular formula is C17H16N2O6S. The summed E-state index contributed by atoms with van der Waals surface area (Å²) in [6.45, 7) is 0. The minimum atomic E-state index is -4.07. The van der Waals surface area contributed by atoms with E-state index in [4.69, 9.17) is 0 Å². The number of hydrogen-bond acceptors (Lipinski definition) is 5. The lowest BCUT2D eigenvalue weighted by Gasteiger charge is -2.20. The number of hydrogen-bond donors (Lipinski definition) is 2. The number of aryl methyl sites for hydroxylation is 1. The number of fused-ring (bicyclic) bond motifs is 1. The number of aromatic carboxylic acids is 1. The Labute approximate surface area is 149 Å². The maximum atomic E-state index is 12.6. The number of carbonyl (C=O) groups is 1. The maximum absolute atomic E-state index is 12.6. The number of nitro benzene ring substituents is 1. The first-order valence-corrected chi connectivity index (χ1v) is 9.43. The first-order valence-electron chi connectivity index (χ1n) is 7.95. The van der Waals surface area contributed by atoms with Crippen molar-refractivity contribution in [3.05, 3.63) is 63.2 Å². The molecule has 0 bridgehead atoms. The summed E-state index contributed by atoms with van der Waals surface area (Å²) in [6.07, 6.45) is 3.18. The SMILES string of the molecule is O=C(O)c1c(NS(=O)(=O)c2ccc([N+](=O)[O-])cc2)ccc2c1CCCC2. The van der Waals surface area contributed by atoms with E-state index in [1.165, 1.54) is 6.07 Å². The van der Waals surface area contributed by atoms with Crippen molar-refractivity contribution in [1.29, 1.82) is 0 Å². The van der Waals surface area contributed by atoms with Crippen LogP contribution in [0.1, 0.15) is 34.3 Å². The van der Waals surface area contributed by atoms with Crippen molar-refractivity contribution >= 4 is 27.4 Å². The quantitative estimate of drug-likeness (QED) is 0.610. The summed E-state index contributed by atoms with van der Waals surface area (Å²) in [5, 5.41) is 20.3. The number of anilines is 1. The van der Waals surface area contributed by atoms with Gasteiger partial charge in [0.15, 0.2) is 0 Å². The largest absolute Gasteiger partial charge is 0.478 e. The molecule has 26 heavy (non-hydrogen) atoms. The van der Waals surface area contributed by atoms with E-state index < -0.39 is 20.9 Å². The molecule has 0 saturated carbocycles. The van der Waals surface area contributed by atoms with Gasteiger partial charge >= 0.3 is 5.97 Å². The van der Waals surface area contributed by atoms with Gasteiger partial charge in [0.1, 0.15) is 0 Å². The van der Waals surface area contributed by atoms with Crippen LogP contribution in [0.5, 0.6) is 0 Å². The Morgan fingerprint density at radius 1 is 1.08 bits per heavy atom. The fraction of sp³-hybridized carbons (Fsp3) is 0.235. The fourth-order valence-corrected chi connectivity index (χ4v) is 4.18. The third-order valence-corrected chi connectivity index (χ3v) is 5.73. The monoisotopic (exact) mass is 376 g/mol. The Bertz CT molecular complexity index is 983. The van der Waals surface area contributed by atoms with Gasteiger partial charge in [-0.15, -0.1) is 0 Å². The van der Waals surface area contributed by atoms with Crippen molar-refractivity contribution < 1.29 is 23.2 Å². The van der Waals surface area contributed by atoms with Crippen molar-refractivity contribution in [3.8, 4) is 0 Å². The summed E-state index contributed by atoms with van der Waals surface area (Å²) in [5.41, 5.74) is 1.31. The summed E-state index contributed by atoms with van der Waals surface area (Å²) >= 11 is 0. The molecule has 0 radical (unpaired) electrons. The molecule has 8 nitrogen and oxygen atoms in total. The highest BCUT2D eigenvalue weighted by atomic mass is 32.2. The summed E-state index contributed by atoms with van der Waals surface area (Å²) in [6, 6.07) is 7.59. The molecule has 0 spiro atoms. The first-order chi connectivity index (χ1) is 12.3. The van der Waals surface area contributed by atoms with Gasteiger partial charge in [0.25, 0.3) is 15.7 Å². The van der Waals surface area contributed by atoms with Crippen LogP contribution in [-0.4, -0.2) is 24.4 Å². The molecule has 0 unspecified atom stereocenters. The first kappa shape index (κ1) is 17.9. The average molecular weight is 376 g/mol. The molecule has 0 amide bonds. The lowest BCUT2D eigenvalue weighted by atomic mass is 9.87. The molecule has 1 aliphatic carbocycles. The topological polar surface area (TPSA) is 127 Å². The standard InChI is InChI=1S/C17H16N2O6S/c20-17(21)16-14-4-2-1-3-11(14)5-10-15(16)18-26(24,25)13-8-6-12(7-9-13)19(22)23/h5-10,18H,1-4H2,(H,20,21). The van der Waals surface area contributed by atoms with Crippen LogP contribution in [0.4, 0.5) is 11.4 Å². The zero-order valence-electron chi connectivity index (χ0n) is 13.6. The molecule has 0 aromatic heterocycles. The van der Waals surface area contributed by atoms with Gasteiger partial charge in [0.2, 0.25) is 0 Å². The molecule has 136 valence electrons. The Morgan fingerprint density at radius 3 is 2.35 bits per heavy atom. The van der Waals surface area contributed by atoms with Crippen molar-refractivity contribution in [2.24, 2.45) is 0 Å². The predicted octanol–water partition coefficient (Wildman–Crippen LogP) is 2.97. The second-order valence-electron chi connectivity index (χ2n) is 5.99. The number of nitro groups is 1. The van der Waals surface area contributed by atoms with Gasteiger partial charge < -0.3 is 5.11 Å². The number of carboxylic acid groups (broad SMARTS) is 1. The molecule has 0 atom stereocenters. The van der Waals surface area contributed by atoms with Crippen LogP contribution in [0.25, 0.3) is 0 Å². The van der Waals surface area contributed by atoms with Crippen LogP contribution >= 0.6 is 0 Å². The van der Waals surface area contributed by atoms with Gasteiger partial charge in [0, 0.05) is 12.1 Å². The van der Waals surface area contributed by atoms with Gasteiger partial charge in [-0.25, -0.2) is 13.2 Å². The molecule has 2 N–H and O–H groups in total. The van der Waals surface area contributed by atoms with E-state index in [1.807, 2.05) is 0 Å². The molecule has 0 saturated heterocycles. The Hall–Kier alpha value is -2.94. The molecule has 2 aromatic carbocycles. The number of nitrogens with zero attached hydrogens (tertiary/aromatic N) is 1. The number of nitrogens with one attached hydrogen (secondary N) is 1. The zero-order valence-corrected chi connectivity index (χ0v) is 14.5. The Morgan fingerprint density at radius 2 is 1.73 bits per heavy atom. The number of carboxylic acids is 1. The van der Waals surface area contributed by atoms with Gasteiger partial charge in [-0.1, -0.05) is 6.07 Å². The summed E-state index contributed by atoms with van der Waals surface area (Å²) in [7, 11) is -4.07. The fourth-order valence-electron chi connectivity index (χ4n) is 3.11. The number of benzene rings is 2. The molecule has 3 rings (SSSR count). The molecule has 0 heterocycles. The smallest absolute Gasteiger partial charge is 0.338 e. The minimum absolute atomic E-state index is 0.00324. The number of sulfonamides is 1. The van der Waals surface area contributed by atoms with Crippen molar-refractivity contribution in [2.75, 3.05) is 4.72 Å². The van der Waals surface area contributed by atoms with E-state index in [9.17, 15) is 28.4 Å². The molecule has 9 heteroatoms. The molecular weight excluding hydrogens is 360 g/mol. The lowest BCUT2D eigenvalue weighted by molar-refractivity contribution is -0.384. The van der Waals surface area contributed by atoms with Crippen LogP contribution in [0.15, 0.2) is 41.3 Å². The number of non-ortho nitro benzene ring substituents is 1. The van der Waals surface area contributed by atoms with Crippen LogP contribution in [-0.2, 0) is 22.9 Å². The Kier molecular flexibility index (Phi) is 4.64. The van der Waals surface area contributed by atoms with E-state index in [-0.39, 0.29) is 21.8 Å². The molecule has 1 aliphatic rings. The molecule has 2 aromatic rings. The third kappa shape index (κ3) is 3.38. The minimum Gasteiger partial charge on any atom is -0.478 e. The van der Waals surface area contributed by atoms with Gasteiger partial charge in [-0.05, 0) is 55.0 Å². The maximum Gasteiger partial charge on any atom is 0.338 e. The van der Waals surface area contributed by atoms with Gasteiger partial charge in [0.05, 0.1) is 21.1 Å². The van der Waals surface area contributed by atoms with Crippen molar-refractivity contribution in [1.82, 2.24) is 0 Å². The van der Waals surface area contributed by atoms with E-state index >= 15 is 0 Å². The second kappa shape index (κ2) is 6.75. The summed E-state index contributed by atoms with van der Waals surface area (Å²) in [5.74, 6) is -1.19. The molecule has 0 aliphatic heterocycles. The predicted molar refractivity (Wildman–Crippen MR) is 93.9 cm³/mol. The summed E-state index contributed by atoms with van der Waals surface area (Å²) in [4.78, 5) is 21.6. The van der Waals surface area contributed by atoms with Crippen LogP contribution in [0.2, 0.25) is 0 Å². The lowest BCUT2D eigenvalue weighted by Crippen LogP contribution is -2.18. The van der Waals surface area contributed by atoms with Crippen LogP contribution in [0, 0.1) is 10.1 Å². The van der Waals surface area contributed by atoms with E-state index in [0.29, 0.717) is 12.0 Å². The highest BCUT2D eigenvalue weighted by Crippen LogP contribution is 2.31. The van der Waals surface area contributed by atoms with E-state index in [0.717, 1.165) is 49.1 Å². The highest BCUT2D eigenvalue weighted by Gasteiger charge is 2.24. The van der Waals surface area contributed by atoms with E-state index in [1.54, 1.807) is 6.07 Å². The van der Waals surface area contributed by atoms with Crippen LogP contribution in [0.3, 0.4) is 0 Å². The zero-order chi connectivity index (χ0) is 18.9. The number of rotatable bonds is 5. The van der Waals surface area contributed by atoms with E-state index in [2.05, 4.69) is 4.72 Å². The Balaban J connectivity index is 1.99. The normalized spacial score (nSPS) is 13.7. The second-order valence-corrected chi connectivity index (χ2v) is 7.68. The summed E-state index contributed by atoms with van der Waals surface area (Å²) < 4.78 is 27.4.